The van der Waals surface area contributed by atoms with Gasteiger partial charge in [0.15, 0.2) is 5.78 Å². The first-order valence-corrected chi connectivity index (χ1v) is 9.57. The molecule has 29 heavy (non-hydrogen) atoms. The second kappa shape index (κ2) is 7.67. The fraction of sp³-hybridized carbons (Fsp3) is 0.364. The number of halogens is 2. The maximum absolute atomic E-state index is 13.5. The fourth-order valence-electron chi connectivity index (χ4n) is 3.49. The van der Waals surface area contributed by atoms with E-state index in [0.717, 1.165) is 0 Å². The average molecular weight is 420 g/mol. The molecule has 0 radical (unpaired) electrons. The predicted octanol–water partition coefficient (Wildman–Crippen LogP) is 4.82. The van der Waals surface area contributed by atoms with E-state index in [0.29, 0.717) is 22.4 Å². The Morgan fingerprint density at radius 2 is 1.86 bits per heavy atom. The van der Waals surface area contributed by atoms with Crippen LogP contribution < -0.4 is 10.1 Å². The van der Waals surface area contributed by atoms with Crippen LogP contribution in [0.5, 0.6) is 5.75 Å². The Balaban J connectivity index is 2.03. The highest BCUT2D eigenvalue weighted by Gasteiger charge is 2.52. The molecule has 0 saturated carbocycles. The SMILES string of the molecule is COc1cccc2c1C[C@@](Cl)([C@H](NC(=O)OC(C)(C)C)c1ccc(F)cc1)C2=O. The van der Waals surface area contributed by atoms with Crippen LogP contribution in [0.1, 0.15) is 48.3 Å². The van der Waals surface area contributed by atoms with Crippen molar-refractivity contribution in [1.29, 1.82) is 0 Å². The highest BCUT2D eigenvalue weighted by Crippen LogP contribution is 2.46. The molecule has 2 aromatic rings. The minimum atomic E-state index is -1.51. The molecule has 1 amide bonds. The number of amides is 1. The molecule has 0 spiro atoms. The summed E-state index contributed by atoms with van der Waals surface area (Å²) in [7, 11) is 1.52. The molecular weight excluding hydrogens is 397 g/mol. The van der Waals surface area contributed by atoms with Crippen molar-refractivity contribution in [3.8, 4) is 5.75 Å². The molecule has 2 aromatic carbocycles. The number of carbonyl (C=O) groups excluding carboxylic acids is 2. The maximum atomic E-state index is 13.5. The second-order valence-electron chi connectivity index (χ2n) is 7.99. The molecule has 2 atom stereocenters. The first-order chi connectivity index (χ1) is 13.5. The third-order valence-electron chi connectivity index (χ3n) is 4.73. The zero-order valence-corrected chi connectivity index (χ0v) is 17.5. The number of ketones is 1. The van der Waals surface area contributed by atoms with Gasteiger partial charge in [-0.15, -0.1) is 11.6 Å². The van der Waals surface area contributed by atoms with Gasteiger partial charge in [0.1, 0.15) is 22.0 Å². The van der Waals surface area contributed by atoms with Crippen LogP contribution in [0.15, 0.2) is 42.5 Å². The molecule has 1 aliphatic rings. The number of nitrogens with one attached hydrogen (secondary N) is 1. The minimum Gasteiger partial charge on any atom is -0.496 e. The lowest BCUT2D eigenvalue weighted by Gasteiger charge is -2.32. The van der Waals surface area contributed by atoms with Crippen LogP contribution in [0.25, 0.3) is 0 Å². The van der Waals surface area contributed by atoms with Gasteiger partial charge >= 0.3 is 6.09 Å². The molecular formula is C22H23ClFNO4. The highest BCUT2D eigenvalue weighted by molar-refractivity contribution is 6.40. The molecule has 3 rings (SSSR count). The van der Waals surface area contributed by atoms with Crippen LogP contribution in [0.3, 0.4) is 0 Å². The van der Waals surface area contributed by atoms with Crippen molar-refractivity contribution in [2.24, 2.45) is 0 Å². The van der Waals surface area contributed by atoms with E-state index in [4.69, 9.17) is 21.1 Å². The average Bonchev–Trinajstić information content (AvgIpc) is 2.91. The normalized spacial score (nSPS) is 19.4. The van der Waals surface area contributed by atoms with Crippen molar-refractivity contribution >= 4 is 23.5 Å². The standard InChI is InChI=1S/C22H23ClFNO4/c1-21(2,3)29-20(27)25-18(13-8-10-14(24)11-9-13)22(23)12-16-15(19(22)26)6-5-7-17(16)28-4/h5-11,18H,12H2,1-4H3,(H,25,27)/t18-,22-/m1/s1. The molecule has 5 nitrogen and oxygen atoms in total. The first-order valence-electron chi connectivity index (χ1n) is 9.20. The van der Waals surface area contributed by atoms with Crippen molar-refractivity contribution in [3.63, 3.8) is 0 Å². The third-order valence-corrected chi connectivity index (χ3v) is 5.25. The number of Topliss-reactive ketones (excluding diaryl/α,β-unsaturated/α-hetero) is 1. The van der Waals surface area contributed by atoms with E-state index in [1.54, 1.807) is 39.0 Å². The van der Waals surface area contributed by atoms with Gasteiger partial charge in [-0.3, -0.25) is 4.79 Å². The summed E-state index contributed by atoms with van der Waals surface area (Å²) in [6.45, 7) is 5.20. The third kappa shape index (κ3) is 4.22. The summed E-state index contributed by atoms with van der Waals surface area (Å²) >= 11 is 6.90. The zero-order chi connectivity index (χ0) is 21.4. The summed E-state index contributed by atoms with van der Waals surface area (Å²) in [4.78, 5) is 24.3. The minimum absolute atomic E-state index is 0.143. The largest absolute Gasteiger partial charge is 0.496 e. The molecule has 0 saturated heterocycles. The highest BCUT2D eigenvalue weighted by atomic mass is 35.5. The molecule has 0 fully saturated rings. The number of rotatable bonds is 4. The van der Waals surface area contributed by atoms with E-state index in [1.165, 1.54) is 31.4 Å². The van der Waals surface area contributed by atoms with Crippen LogP contribution in [0.2, 0.25) is 0 Å². The van der Waals surface area contributed by atoms with E-state index < -0.39 is 28.4 Å². The van der Waals surface area contributed by atoms with Crippen molar-refractivity contribution in [2.75, 3.05) is 7.11 Å². The van der Waals surface area contributed by atoms with Gasteiger partial charge in [0, 0.05) is 17.5 Å². The van der Waals surface area contributed by atoms with Gasteiger partial charge in [0.05, 0.1) is 13.2 Å². The molecule has 0 unspecified atom stereocenters. The molecule has 0 aliphatic heterocycles. The summed E-state index contributed by atoms with van der Waals surface area (Å²) in [6, 6.07) is 9.71. The maximum Gasteiger partial charge on any atom is 0.408 e. The molecule has 1 aliphatic carbocycles. The van der Waals surface area contributed by atoms with Crippen LogP contribution in [-0.2, 0) is 11.2 Å². The summed E-state index contributed by atoms with van der Waals surface area (Å²) < 4.78 is 24.2. The number of alkyl halides is 1. The van der Waals surface area contributed by atoms with Gasteiger partial charge in [0.25, 0.3) is 0 Å². The predicted molar refractivity (Wildman–Crippen MR) is 108 cm³/mol. The first kappa shape index (κ1) is 21.1. The number of hydrogen-bond acceptors (Lipinski definition) is 4. The number of alkyl carbamates (subject to hydrolysis) is 1. The number of carbonyl (C=O) groups is 2. The number of hydrogen-bond donors (Lipinski definition) is 1. The van der Waals surface area contributed by atoms with E-state index in [1.807, 2.05) is 0 Å². The molecule has 1 N–H and O–H groups in total. The lowest BCUT2D eigenvalue weighted by atomic mass is 9.88. The Bertz CT molecular complexity index is 939. The number of ether oxygens (including phenoxy) is 2. The molecule has 0 aromatic heterocycles. The van der Waals surface area contributed by atoms with E-state index in [9.17, 15) is 14.0 Å². The van der Waals surface area contributed by atoms with Crippen molar-refractivity contribution in [1.82, 2.24) is 5.32 Å². The van der Waals surface area contributed by atoms with Gasteiger partial charge in [0.2, 0.25) is 0 Å². The van der Waals surface area contributed by atoms with Gasteiger partial charge in [-0.2, -0.15) is 0 Å². The van der Waals surface area contributed by atoms with Gasteiger partial charge in [-0.25, -0.2) is 9.18 Å². The lowest BCUT2D eigenvalue weighted by molar-refractivity contribution is 0.0489. The van der Waals surface area contributed by atoms with Crippen molar-refractivity contribution < 1.29 is 23.5 Å². The van der Waals surface area contributed by atoms with Gasteiger partial charge in [-0.05, 0) is 44.5 Å². The summed E-state index contributed by atoms with van der Waals surface area (Å²) in [5, 5.41) is 2.72. The van der Waals surface area contributed by atoms with E-state index in [2.05, 4.69) is 5.32 Å². The monoisotopic (exact) mass is 419 g/mol. The quantitative estimate of drug-likeness (QED) is 0.722. The number of benzene rings is 2. The zero-order valence-electron chi connectivity index (χ0n) is 16.7. The lowest BCUT2D eigenvalue weighted by Crippen LogP contribution is -2.47. The summed E-state index contributed by atoms with van der Waals surface area (Å²) in [5.74, 6) is -0.219. The smallest absolute Gasteiger partial charge is 0.408 e. The van der Waals surface area contributed by atoms with Gasteiger partial charge in [-0.1, -0.05) is 24.3 Å². The molecule has 0 bridgehead atoms. The Kier molecular flexibility index (Phi) is 5.59. The number of methoxy groups -OCH3 is 1. The molecule has 7 heteroatoms. The van der Waals surface area contributed by atoms with Crippen molar-refractivity contribution in [3.05, 3.63) is 65.0 Å². The topological polar surface area (TPSA) is 64.6 Å². The molecule has 154 valence electrons. The summed E-state index contributed by atoms with van der Waals surface area (Å²) in [6.07, 6.45) is -0.576. The van der Waals surface area contributed by atoms with Gasteiger partial charge < -0.3 is 14.8 Å². The van der Waals surface area contributed by atoms with Crippen LogP contribution in [-0.4, -0.2) is 29.5 Å². The van der Waals surface area contributed by atoms with Crippen LogP contribution in [0.4, 0.5) is 9.18 Å². The Morgan fingerprint density at radius 1 is 1.21 bits per heavy atom. The summed E-state index contributed by atoms with van der Waals surface area (Å²) in [5.41, 5.74) is 0.876. The van der Waals surface area contributed by atoms with Crippen molar-refractivity contribution in [2.45, 2.75) is 43.7 Å². The Morgan fingerprint density at radius 3 is 2.45 bits per heavy atom. The van der Waals surface area contributed by atoms with Crippen LogP contribution >= 0.6 is 11.6 Å². The fourth-order valence-corrected chi connectivity index (χ4v) is 3.91. The molecule has 0 heterocycles. The Hall–Kier alpha value is -2.60. The van der Waals surface area contributed by atoms with Crippen LogP contribution in [0, 0.1) is 5.82 Å². The van der Waals surface area contributed by atoms with E-state index >= 15 is 0 Å². The number of fused-ring (bicyclic) bond motifs is 1. The van der Waals surface area contributed by atoms with E-state index in [-0.39, 0.29) is 12.2 Å². The second-order valence-corrected chi connectivity index (χ2v) is 8.66. The Labute approximate surface area is 174 Å².